The van der Waals surface area contributed by atoms with Crippen molar-refractivity contribution >= 4 is 31.9 Å². The lowest BCUT2D eigenvalue weighted by molar-refractivity contribution is 0.0953. The van der Waals surface area contributed by atoms with E-state index in [-0.39, 0.29) is 12.1 Å². The first-order valence-electron chi connectivity index (χ1n) is 5.47. The summed E-state index contributed by atoms with van der Waals surface area (Å²) in [4.78, 5) is 11.6. The molecule has 0 radical (unpaired) electrons. The first kappa shape index (κ1) is 16.1. The molecule has 2 N–H and O–H groups in total. The molecule has 0 aliphatic heterocycles. The van der Waals surface area contributed by atoms with Crippen molar-refractivity contribution in [1.29, 1.82) is 0 Å². The lowest BCUT2D eigenvalue weighted by atomic mass is 10.2. The summed E-state index contributed by atoms with van der Waals surface area (Å²) < 4.78 is 37.4. The van der Waals surface area contributed by atoms with Crippen molar-refractivity contribution in [2.45, 2.75) is 6.42 Å². The molecule has 0 bridgehead atoms. The third-order valence-electron chi connectivity index (χ3n) is 2.19. The van der Waals surface area contributed by atoms with Gasteiger partial charge in [0.2, 0.25) is 10.0 Å². The van der Waals surface area contributed by atoms with Crippen LogP contribution in [0.2, 0.25) is 0 Å². The molecule has 0 aliphatic rings. The fraction of sp³-hybridized carbons (Fsp3) is 0.364. The Morgan fingerprint density at radius 3 is 2.63 bits per heavy atom. The van der Waals surface area contributed by atoms with Gasteiger partial charge in [0.15, 0.2) is 0 Å². The van der Waals surface area contributed by atoms with Crippen molar-refractivity contribution in [1.82, 2.24) is 10.0 Å². The Kier molecular flexibility index (Phi) is 5.89. The molecule has 5 nitrogen and oxygen atoms in total. The molecule has 0 heterocycles. The van der Waals surface area contributed by atoms with Crippen molar-refractivity contribution in [3.8, 4) is 0 Å². The van der Waals surface area contributed by atoms with E-state index in [4.69, 9.17) is 0 Å². The second kappa shape index (κ2) is 6.97. The zero-order chi connectivity index (χ0) is 14.5. The van der Waals surface area contributed by atoms with E-state index in [1.54, 1.807) is 0 Å². The third-order valence-corrected chi connectivity index (χ3v) is 3.56. The predicted octanol–water partition coefficient (Wildman–Crippen LogP) is 1.26. The summed E-state index contributed by atoms with van der Waals surface area (Å²) in [7, 11) is -3.20. The minimum atomic E-state index is -3.20. The number of carbonyl (C=O) groups is 1. The normalized spacial score (nSPS) is 11.3. The Hall–Kier alpha value is -0.990. The Morgan fingerprint density at radius 1 is 1.37 bits per heavy atom. The highest BCUT2D eigenvalue weighted by Gasteiger charge is 2.08. The van der Waals surface area contributed by atoms with Gasteiger partial charge in [0.1, 0.15) is 5.82 Å². The first-order chi connectivity index (χ1) is 8.79. The number of benzene rings is 1. The van der Waals surface area contributed by atoms with Crippen molar-refractivity contribution in [3.05, 3.63) is 34.1 Å². The average molecular weight is 353 g/mol. The SMILES string of the molecule is CS(=O)(=O)NCCCNC(=O)c1ccc(Br)c(F)c1. The van der Waals surface area contributed by atoms with Gasteiger partial charge in [-0.15, -0.1) is 0 Å². The molecule has 106 valence electrons. The van der Waals surface area contributed by atoms with E-state index < -0.39 is 21.7 Å². The predicted molar refractivity (Wildman–Crippen MR) is 73.9 cm³/mol. The molecular formula is C11H14BrFN2O3S. The molecule has 1 aromatic carbocycles. The van der Waals surface area contributed by atoms with Crippen LogP contribution in [0.15, 0.2) is 22.7 Å². The fourth-order valence-corrected chi connectivity index (χ4v) is 2.05. The maximum absolute atomic E-state index is 13.2. The van der Waals surface area contributed by atoms with Crippen LogP contribution in [0.3, 0.4) is 0 Å². The largest absolute Gasteiger partial charge is 0.352 e. The van der Waals surface area contributed by atoms with Gasteiger partial charge in [0, 0.05) is 18.7 Å². The van der Waals surface area contributed by atoms with Crippen LogP contribution in [0.25, 0.3) is 0 Å². The third kappa shape index (κ3) is 6.13. The van der Waals surface area contributed by atoms with Gasteiger partial charge in [-0.3, -0.25) is 4.79 Å². The van der Waals surface area contributed by atoms with Gasteiger partial charge in [0.05, 0.1) is 10.7 Å². The van der Waals surface area contributed by atoms with Crippen LogP contribution in [0.1, 0.15) is 16.8 Å². The van der Waals surface area contributed by atoms with Gasteiger partial charge in [-0.2, -0.15) is 0 Å². The van der Waals surface area contributed by atoms with E-state index in [9.17, 15) is 17.6 Å². The fourth-order valence-electron chi connectivity index (χ4n) is 1.29. The number of rotatable bonds is 6. The maximum Gasteiger partial charge on any atom is 0.251 e. The number of carbonyl (C=O) groups excluding carboxylic acids is 1. The van der Waals surface area contributed by atoms with Gasteiger partial charge in [0.25, 0.3) is 5.91 Å². The van der Waals surface area contributed by atoms with Crippen molar-refractivity contribution in [2.24, 2.45) is 0 Å². The number of hydrogen-bond acceptors (Lipinski definition) is 3. The van der Waals surface area contributed by atoms with Gasteiger partial charge in [-0.05, 0) is 40.5 Å². The van der Waals surface area contributed by atoms with E-state index in [1.807, 2.05) is 0 Å². The highest BCUT2D eigenvalue weighted by Crippen LogP contribution is 2.16. The van der Waals surface area contributed by atoms with Crippen LogP contribution in [-0.4, -0.2) is 33.7 Å². The standard InChI is InChI=1S/C11H14BrFN2O3S/c1-19(17,18)15-6-2-5-14-11(16)8-3-4-9(12)10(13)7-8/h3-4,7,15H,2,5-6H2,1H3,(H,14,16). The Morgan fingerprint density at radius 2 is 2.05 bits per heavy atom. The second-order valence-electron chi connectivity index (χ2n) is 3.90. The number of sulfonamides is 1. The molecule has 0 saturated heterocycles. The maximum atomic E-state index is 13.2. The van der Waals surface area contributed by atoms with Crippen molar-refractivity contribution < 1.29 is 17.6 Å². The topological polar surface area (TPSA) is 75.3 Å². The molecule has 1 amide bonds. The Labute approximate surface area is 119 Å². The molecule has 0 aromatic heterocycles. The van der Waals surface area contributed by atoms with Gasteiger partial charge < -0.3 is 5.32 Å². The second-order valence-corrected chi connectivity index (χ2v) is 6.59. The van der Waals surface area contributed by atoms with Crippen LogP contribution in [0, 0.1) is 5.82 Å². The van der Waals surface area contributed by atoms with Gasteiger partial charge >= 0.3 is 0 Å². The molecule has 1 rings (SSSR count). The molecule has 0 unspecified atom stereocenters. The van der Waals surface area contributed by atoms with Crippen LogP contribution < -0.4 is 10.0 Å². The van der Waals surface area contributed by atoms with Gasteiger partial charge in [-0.1, -0.05) is 0 Å². The van der Waals surface area contributed by atoms with E-state index in [2.05, 4.69) is 26.0 Å². The molecule has 0 aliphatic carbocycles. The lowest BCUT2D eigenvalue weighted by Crippen LogP contribution is -2.29. The van der Waals surface area contributed by atoms with Gasteiger partial charge in [-0.25, -0.2) is 17.5 Å². The molecule has 0 saturated carbocycles. The quantitative estimate of drug-likeness (QED) is 0.756. The number of hydrogen-bond donors (Lipinski definition) is 2. The smallest absolute Gasteiger partial charge is 0.251 e. The molecule has 0 spiro atoms. The summed E-state index contributed by atoms with van der Waals surface area (Å²) >= 11 is 3.00. The summed E-state index contributed by atoms with van der Waals surface area (Å²) in [6.45, 7) is 0.548. The summed E-state index contributed by atoms with van der Waals surface area (Å²) in [5, 5.41) is 2.58. The number of amides is 1. The number of nitrogens with one attached hydrogen (secondary N) is 2. The monoisotopic (exact) mass is 352 g/mol. The minimum absolute atomic E-state index is 0.219. The summed E-state index contributed by atoms with van der Waals surface area (Å²) in [5.74, 6) is -0.905. The summed E-state index contributed by atoms with van der Waals surface area (Å²) in [5.41, 5.74) is 0.219. The van der Waals surface area contributed by atoms with E-state index >= 15 is 0 Å². The zero-order valence-electron chi connectivity index (χ0n) is 10.2. The molecule has 19 heavy (non-hydrogen) atoms. The lowest BCUT2D eigenvalue weighted by Gasteiger charge is -2.06. The van der Waals surface area contributed by atoms with E-state index in [0.717, 1.165) is 12.3 Å². The molecule has 1 aromatic rings. The molecule has 8 heteroatoms. The first-order valence-corrected chi connectivity index (χ1v) is 8.16. The zero-order valence-corrected chi connectivity index (χ0v) is 12.6. The molecule has 0 fully saturated rings. The van der Waals surface area contributed by atoms with E-state index in [0.29, 0.717) is 17.4 Å². The van der Waals surface area contributed by atoms with Crippen LogP contribution in [-0.2, 0) is 10.0 Å². The Balaban J connectivity index is 2.37. The van der Waals surface area contributed by atoms with E-state index in [1.165, 1.54) is 12.1 Å². The van der Waals surface area contributed by atoms with Crippen LogP contribution in [0.4, 0.5) is 4.39 Å². The summed E-state index contributed by atoms with van der Waals surface area (Å²) in [6.07, 6.45) is 1.52. The minimum Gasteiger partial charge on any atom is -0.352 e. The average Bonchev–Trinajstić information content (AvgIpc) is 2.30. The summed E-state index contributed by atoms with van der Waals surface area (Å²) in [6, 6.07) is 4.08. The Bertz CT molecular complexity index is 563. The van der Waals surface area contributed by atoms with Crippen LogP contribution in [0.5, 0.6) is 0 Å². The van der Waals surface area contributed by atoms with Crippen molar-refractivity contribution in [3.63, 3.8) is 0 Å². The molecular weight excluding hydrogens is 339 g/mol. The number of halogens is 2. The van der Waals surface area contributed by atoms with Crippen LogP contribution >= 0.6 is 15.9 Å². The highest BCUT2D eigenvalue weighted by atomic mass is 79.9. The highest BCUT2D eigenvalue weighted by molar-refractivity contribution is 9.10. The van der Waals surface area contributed by atoms with Crippen molar-refractivity contribution in [2.75, 3.05) is 19.3 Å². The molecule has 0 atom stereocenters.